The van der Waals surface area contributed by atoms with Gasteiger partial charge < -0.3 is 9.47 Å². The Bertz CT molecular complexity index is 3750. The molecule has 0 amide bonds. The SMILES string of the molecule is CC(C)(C)c1ccc2c(c1)c1cc(C(C)(C)C)ccc1n2-c1ccc2ccc3c(N(c4ccc(-c5ccccc5)cc4)c4cccc(-c5ccc(-c6ccccc6)cc5)c4)ccc4ccc1c2c43. The van der Waals surface area contributed by atoms with Crippen molar-refractivity contribution in [2.24, 2.45) is 0 Å². The van der Waals surface area contributed by atoms with E-state index in [-0.39, 0.29) is 10.8 Å². The minimum atomic E-state index is 0.0300. The van der Waals surface area contributed by atoms with Gasteiger partial charge in [-0.05, 0) is 138 Å². The van der Waals surface area contributed by atoms with Gasteiger partial charge >= 0.3 is 0 Å². The molecule has 12 rings (SSSR count). The van der Waals surface area contributed by atoms with Crippen LogP contribution in [0.1, 0.15) is 52.7 Å². The molecule has 0 fully saturated rings. The highest BCUT2D eigenvalue weighted by Crippen LogP contribution is 2.47. The normalized spacial score (nSPS) is 12.3. The Balaban J connectivity index is 1.06. The van der Waals surface area contributed by atoms with Crippen molar-refractivity contribution in [3.8, 4) is 39.1 Å². The minimum absolute atomic E-state index is 0.0300. The fourth-order valence-electron chi connectivity index (χ4n) is 10.5. The van der Waals surface area contributed by atoms with Crippen molar-refractivity contribution in [1.82, 2.24) is 4.57 Å². The van der Waals surface area contributed by atoms with E-state index in [0.717, 1.165) is 17.1 Å². The maximum absolute atomic E-state index is 2.52. The first-order valence-electron chi connectivity index (χ1n) is 24.0. The number of rotatable bonds is 7. The van der Waals surface area contributed by atoms with Gasteiger partial charge in [0.25, 0.3) is 0 Å². The summed E-state index contributed by atoms with van der Waals surface area (Å²) in [6, 6.07) is 81.3. The number of anilines is 3. The van der Waals surface area contributed by atoms with E-state index in [2.05, 4.69) is 269 Å². The second-order valence-electron chi connectivity index (χ2n) is 20.6. The molecular weight excluding hydrogens is 821 g/mol. The predicted octanol–water partition coefficient (Wildman–Crippen LogP) is 18.7. The van der Waals surface area contributed by atoms with Gasteiger partial charge in [-0.15, -0.1) is 0 Å². The van der Waals surface area contributed by atoms with Crippen molar-refractivity contribution in [3.05, 3.63) is 230 Å². The lowest BCUT2D eigenvalue weighted by molar-refractivity contribution is 0.590. The molecule has 0 unspecified atom stereocenters. The van der Waals surface area contributed by atoms with Gasteiger partial charge in [0.15, 0.2) is 0 Å². The number of fused-ring (bicyclic) bond motifs is 3. The average molecular weight is 875 g/mol. The number of benzene rings is 11. The molecule has 68 heavy (non-hydrogen) atoms. The molecular formula is C66H54N2. The summed E-state index contributed by atoms with van der Waals surface area (Å²) >= 11 is 0. The summed E-state index contributed by atoms with van der Waals surface area (Å²) in [5.74, 6) is 0. The van der Waals surface area contributed by atoms with Crippen LogP contribution in [0.4, 0.5) is 17.1 Å². The van der Waals surface area contributed by atoms with E-state index in [9.17, 15) is 0 Å². The molecule has 0 aliphatic rings. The number of aromatic nitrogens is 1. The van der Waals surface area contributed by atoms with Crippen LogP contribution in [-0.4, -0.2) is 4.57 Å². The molecule has 0 aliphatic carbocycles. The third kappa shape index (κ3) is 7.02. The Morgan fingerprint density at radius 2 is 0.779 bits per heavy atom. The van der Waals surface area contributed by atoms with Crippen LogP contribution >= 0.6 is 0 Å². The van der Waals surface area contributed by atoms with E-state index in [4.69, 9.17) is 0 Å². The van der Waals surface area contributed by atoms with Crippen molar-refractivity contribution in [2.45, 2.75) is 52.4 Å². The summed E-state index contributed by atoms with van der Waals surface area (Å²) in [5.41, 5.74) is 16.9. The number of nitrogens with zero attached hydrogens (tertiary/aromatic N) is 2. The molecule has 0 saturated heterocycles. The summed E-state index contributed by atoms with van der Waals surface area (Å²) in [5, 5.41) is 10.1. The molecule has 0 N–H and O–H groups in total. The monoisotopic (exact) mass is 874 g/mol. The van der Waals surface area contributed by atoms with Gasteiger partial charge in [-0.2, -0.15) is 0 Å². The van der Waals surface area contributed by atoms with E-state index in [0.29, 0.717) is 0 Å². The molecule has 1 heterocycles. The summed E-state index contributed by atoms with van der Waals surface area (Å²) in [4.78, 5) is 2.45. The average Bonchev–Trinajstić information content (AvgIpc) is 3.69. The van der Waals surface area contributed by atoms with Gasteiger partial charge in [0.2, 0.25) is 0 Å². The van der Waals surface area contributed by atoms with Crippen LogP contribution in [0, 0.1) is 0 Å². The van der Waals surface area contributed by atoms with E-state index < -0.39 is 0 Å². The first-order chi connectivity index (χ1) is 33.0. The maximum Gasteiger partial charge on any atom is 0.0541 e. The van der Waals surface area contributed by atoms with Crippen LogP contribution in [0.3, 0.4) is 0 Å². The zero-order chi connectivity index (χ0) is 46.3. The molecule has 0 aliphatic heterocycles. The quantitative estimate of drug-likeness (QED) is 0.145. The highest BCUT2D eigenvalue weighted by Gasteiger charge is 2.24. The Hall–Kier alpha value is -7.94. The summed E-state index contributed by atoms with van der Waals surface area (Å²) in [7, 11) is 0. The van der Waals surface area contributed by atoms with Crippen molar-refractivity contribution in [2.75, 3.05) is 4.90 Å². The van der Waals surface area contributed by atoms with Crippen molar-refractivity contribution in [1.29, 1.82) is 0 Å². The molecule has 2 nitrogen and oxygen atoms in total. The van der Waals surface area contributed by atoms with Crippen LogP contribution < -0.4 is 4.90 Å². The van der Waals surface area contributed by atoms with Crippen molar-refractivity contribution >= 4 is 71.2 Å². The van der Waals surface area contributed by atoms with Crippen LogP contribution in [0.2, 0.25) is 0 Å². The lowest BCUT2D eigenvalue weighted by Gasteiger charge is -2.28. The van der Waals surface area contributed by atoms with Gasteiger partial charge in [-0.25, -0.2) is 0 Å². The van der Waals surface area contributed by atoms with Gasteiger partial charge in [-0.1, -0.05) is 199 Å². The van der Waals surface area contributed by atoms with Crippen LogP contribution in [0.15, 0.2) is 218 Å². The Kier molecular flexibility index (Phi) is 9.67. The predicted molar refractivity (Wildman–Crippen MR) is 293 cm³/mol. The van der Waals surface area contributed by atoms with Gasteiger partial charge in [-0.3, -0.25) is 0 Å². The minimum Gasteiger partial charge on any atom is -0.310 e. The first kappa shape index (κ1) is 41.5. The summed E-state index contributed by atoms with van der Waals surface area (Å²) in [6.45, 7) is 13.9. The zero-order valence-corrected chi connectivity index (χ0v) is 39.7. The second kappa shape index (κ2) is 15.9. The molecule has 1 aromatic heterocycles. The Labute approximate surface area is 399 Å². The molecule has 0 radical (unpaired) electrons. The fraction of sp³-hybridized carbons (Fsp3) is 0.121. The Morgan fingerprint density at radius 3 is 1.34 bits per heavy atom. The van der Waals surface area contributed by atoms with E-state index >= 15 is 0 Å². The third-order valence-electron chi connectivity index (χ3n) is 14.3. The van der Waals surface area contributed by atoms with Crippen LogP contribution in [0.5, 0.6) is 0 Å². The smallest absolute Gasteiger partial charge is 0.0541 e. The largest absolute Gasteiger partial charge is 0.310 e. The number of hydrogen-bond donors (Lipinski definition) is 0. The molecule has 0 saturated carbocycles. The number of hydrogen-bond acceptors (Lipinski definition) is 1. The third-order valence-corrected chi connectivity index (χ3v) is 14.3. The lowest BCUT2D eigenvalue weighted by Crippen LogP contribution is -2.11. The summed E-state index contributed by atoms with van der Waals surface area (Å²) in [6.07, 6.45) is 0. The summed E-state index contributed by atoms with van der Waals surface area (Å²) < 4.78 is 2.52. The highest BCUT2D eigenvalue weighted by molar-refractivity contribution is 6.27. The lowest BCUT2D eigenvalue weighted by atomic mass is 9.85. The Morgan fingerprint density at radius 1 is 0.324 bits per heavy atom. The van der Waals surface area contributed by atoms with Gasteiger partial charge in [0.05, 0.1) is 22.4 Å². The van der Waals surface area contributed by atoms with E-state index in [1.54, 1.807) is 0 Å². The molecule has 0 atom stereocenters. The second-order valence-corrected chi connectivity index (χ2v) is 20.6. The maximum atomic E-state index is 2.52. The standard InChI is InChI=1S/C66H54N2/c1-65(2,3)51-30-38-61-57(41-51)58-42-52(66(4,5)6)31-39-62(58)68(61)60-37-29-49-26-34-55-59(36-28-48-27-35-56(60)64(49)63(48)55)67(53-32-24-46(25-33-53)44-16-11-8-12-17-44)54-19-13-18-50(40-54)47-22-20-45(21-23-47)43-14-9-7-10-15-43/h7-42H,1-6H3. The fourth-order valence-corrected chi connectivity index (χ4v) is 10.5. The van der Waals surface area contributed by atoms with E-state index in [1.807, 2.05) is 0 Å². The van der Waals surface area contributed by atoms with Gasteiger partial charge in [0, 0.05) is 32.9 Å². The van der Waals surface area contributed by atoms with Crippen LogP contribution in [0.25, 0.3) is 93.2 Å². The van der Waals surface area contributed by atoms with Gasteiger partial charge in [0.1, 0.15) is 0 Å². The molecule has 2 heteroatoms. The van der Waals surface area contributed by atoms with Crippen molar-refractivity contribution in [3.63, 3.8) is 0 Å². The van der Waals surface area contributed by atoms with E-state index in [1.165, 1.54) is 104 Å². The zero-order valence-electron chi connectivity index (χ0n) is 39.7. The molecule has 0 spiro atoms. The molecule has 0 bridgehead atoms. The van der Waals surface area contributed by atoms with Crippen LogP contribution in [-0.2, 0) is 10.8 Å². The topological polar surface area (TPSA) is 8.17 Å². The van der Waals surface area contributed by atoms with Crippen molar-refractivity contribution < 1.29 is 0 Å². The molecule has 12 aromatic rings. The molecule has 328 valence electrons. The highest BCUT2D eigenvalue weighted by atomic mass is 15.1. The first-order valence-corrected chi connectivity index (χ1v) is 24.0. The molecule has 11 aromatic carbocycles.